The predicted octanol–water partition coefficient (Wildman–Crippen LogP) is 1.85. The highest BCUT2D eigenvalue weighted by molar-refractivity contribution is 5.85. The number of hydrogen-bond donors (Lipinski definition) is 1. The lowest BCUT2D eigenvalue weighted by atomic mass is 10.1. The van der Waals surface area contributed by atoms with E-state index in [-0.39, 0.29) is 23.0 Å². The summed E-state index contributed by atoms with van der Waals surface area (Å²) in [5.74, 6) is 0. The Morgan fingerprint density at radius 1 is 1.42 bits per heavy atom. The van der Waals surface area contributed by atoms with E-state index < -0.39 is 0 Å². The monoisotopic (exact) mass is 285 g/mol. The quantitative estimate of drug-likeness (QED) is 0.663. The number of rotatable bonds is 5. The van der Waals surface area contributed by atoms with Crippen molar-refractivity contribution in [2.24, 2.45) is 0 Å². The van der Waals surface area contributed by atoms with E-state index in [1.165, 1.54) is 6.42 Å². The highest BCUT2D eigenvalue weighted by Crippen LogP contribution is 2.14. The molecule has 106 valence electrons. The third-order valence-corrected chi connectivity index (χ3v) is 3.54. The molecular weight excluding hydrogens is 266 g/mol. The number of likely N-dealkylation sites (N-methyl/N-ethyl adjacent to an activating group) is 1. The number of nitrogens with one attached hydrogen (secondary N) is 1. The maximum atomic E-state index is 10.5. The van der Waals surface area contributed by atoms with Gasteiger partial charge in [0.1, 0.15) is 0 Å². The summed E-state index contributed by atoms with van der Waals surface area (Å²) in [5, 5.41) is 13.8. The van der Waals surface area contributed by atoms with Crippen molar-refractivity contribution in [3.63, 3.8) is 0 Å². The summed E-state index contributed by atoms with van der Waals surface area (Å²) in [6.07, 6.45) is 2.16. The second kappa shape index (κ2) is 7.43. The van der Waals surface area contributed by atoms with Gasteiger partial charge in [-0.3, -0.25) is 10.1 Å². The molecule has 1 fully saturated rings. The van der Waals surface area contributed by atoms with E-state index in [4.69, 9.17) is 0 Å². The van der Waals surface area contributed by atoms with Crippen LogP contribution >= 0.6 is 12.4 Å². The Hall–Kier alpha value is -1.17. The highest BCUT2D eigenvalue weighted by Gasteiger charge is 2.20. The number of nitrogens with zero attached hydrogens (tertiary/aromatic N) is 2. The van der Waals surface area contributed by atoms with Gasteiger partial charge in [0.05, 0.1) is 4.92 Å². The first-order valence-electron chi connectivity index (χ1n) is 6.32. The minimum atomic E-state index is -0.359. The van der Waals surface area contributed by atoms with E-state index in [9.17, 15) is 10.1 Å². The Morgan fingerprint density at radius 3 is 2.63 bits per heavy atom. The van der Waals surface area contributed by atoms with Crippen molar-refractivity contribution in [1.82, 2.24) is 10.2 Å². The smallest absolute Gasteiger partial charge is 0.269 e. The molecule has 0 aromatic heterocycles. The van der Waals surface area contributed by atoms with Gasteiger partial charge in [-0.05, 0) is 32.0 Å². The topological polar surface area (TPSA) is 58.4 Å². The van der Waals surface area contributed by atoms with Crippen LogP contribution in [0.25, 0.3) is 0 Å². The molecule has 0 amide bonds. The van der Waals surface area contributed by atoms with Crippen molar-refractivity contribution in [3.8, 4) is 0 Å². The number of halogens is 1. The van der Waals surface area contributed by atoms with Gasteiger partial charge in [0.2, 0.25) is 0 Å². The summed E-state index contributed by atoms with van der Waals surface area (Å²) < 4.78 is 0. The average Bonchev–Trinajstić information content (AvgIpc) is 2.85. The van der Waals surface area contributed by atoms with Crippen LogP contribution in [0.2, 0.25) is 0 Å². The summed E-state index contributed by atoms with van der Waals surface area (Å²) in [6.45, 7) is 3.26. The summed E-state index contributed by atoms with van der Waals surface area (Å²) in [4.78, 5) is 12.6. The van der Waals surface area contributed by atoms with Crippen LogP contribution in [0, 0.1) is 10.1 Å². The van der Waals surface area contributed by atoms with Crippen LogP contribution < -0.4 is 5.32 Å². The number of nitro groups is 1. The van der Waals surface area contributed by atoms with Crippen molar-refractivity contribution >= 4 is 18.1 Å². The molecule has 0 spiro atoms. The van der Waals surface area contributed by atoms with Crippen LogP contribution in [-0.4, -0.2) is 42.5 Å². The zero-order chi connectivity index (χ0) is 13.0. The molecule has 1 aromatic rings. The molecule has 0 saturated carbocycles. The lowest BCUT2D eigenvalue weighted by Crippen LogP contribution is -2.30. The molecule has 0 bridgehead atoms. The second-order valence-corrected chi connectivity index (χ2v) is 4.75. The molecule has 0 aliphatic carbocycles. The van der Waals surface area contributed by atoms with Crippen LogP contribution in [0.4, 0.5) is 5.69 Å². The lowest BCUT2D eigenvalue weighted by molar-refractivity contribution is -0.384. The normalized spacial score (nSPS) is 19.1. The number of non-ortho nitro benzene ring substituents is 1. The summed E-state index contributed by atoms with van der Waals surface area (Å²) >= 11 is 0. The summed E-state index contributed by atoms with van der Waals surface area (Å²) in [6, 6.07) is 7.47. The van der Waals surface area contributed by atoms with Gasteiger partial charge in [-0.1, -0.05) is 12.1 Å². The molecule has 1 aliphatic heterocycles. The van der Waals surface area contributed by atoms with Crippen LogP contribution in [0.5, 0.6) is 0 Å². The maximum absolute atomic E-state index is 10.5. The van der Waals surface area contributed by atoms with Crippen LogP contribution in [-0.2, 0) is 6.42 Å². The van der Waals surface area contributed by atoms with Gasteiger partial charge in [0.15, 0.2) is 0 Å². The van der Waals surface area contributed by atoms with Crippen molar-refractivity contribution < 1.29 is 4.92 Å². The largest absolute Gasteiger partial charge is 0.316 e. The van der Waals surface area contributed by atoms with E-state index >= 15 is 0 Å². The minimum Gasteiger partial charge on any atom is -0.316 e. The number of nitro benzene ring substituents is 1. The third kappa shape index (κ3) is 4.45. The number of benzene rings is 1. The number of hydrogen-bond acceptors (Lipinski definition) is 4. The van der Waals surface area contributed by atoms with Crippen molar-refractivity contribution in [3.05, 3.63) is 39.9 Å². The molecule has 2 rings (SSSR count). The third-order valence-electron chi connectivity index (χ3n) is 3.54. The van der Waals surface area contributed by atoms with Crippen molar-refractivity contribution in [2.45, 2.75) is 18.9 Å². The Kier molecular flexibility index (Phi) is 6.21. The van der Waals surface area contributed by atoms with Crippen LogP contribution in [0.15, 0.2) is 24.3 Å². The van der Waals surface area contributed by atoms with E-state index in [0.717, 1.165) is 31.6 Å². The lowest BCUT2D eigenvalue weighted by Gasteiger charge is -2.15. The summed E-state index contributed by atoms with van der Waals surface area (Å²) in [5.41, 5.74) is 1.32. The molecule has 1 atom stereocenters. The van der Waals surface area contributed by atoms with E-state index in [2.05, 4.69) is 10.2 Å². The van der Waals surface area contributed by atoms with Crippen LogP contribution in [0.3, 0.4) is 0 Å². The van der Waals surface area contributed by atoms with E-state index in [0.29, 0.717) is 6.04 Å². The molecule has 1 N–H and O–H groups in total. The summed E-state index contributed by atoms with van der Waals surface area (Å²) in [7, 11) is 2.00. The first kappa shape index (κ1) is 15.9. The fourth-order valence-corrected chi connectivity index (χ4v) is 2.34. The zero-order valence-electron chi connectivity index (χ0n) is 11.0. The molecule has 19 heavy (non-hydrogen) atoms. The van der Waals surface area contributed by atoms with Crippen molar-refractivity contribution in [1.29, 1.82) is 0 Å². The van der Waals surface area contributed by atoms with Gasteiger partial charge in [-0.15, -0.1) is 12.4 Å². The average molecular weight is 286 g/mol. The highest BCUT2D eigenvalue weighted by atomic mass is 35.5. The van der Waals surface area contributed by atoms with Crippen LogP contribution in [0.1, 0.15) is 12.0 Å². The van der Waals surface area contributed by atoms with Crippen molar-refractivity contribution in [2.75, 3.05) is 26.7 Å². The molecule has 1 saturated heterocycles. The molecule has 1 unspecified atom stereocenters. The van der Waals surface area contributed by atoms with Gasteiger partial charge < -0.3 is 10.2 Å². The molecule has 0 radical (unpaired) electrons. The fourth-order valence-electron chi connectivity index (χ4n) is 2.34. The number of likely N-dealkylation sites (tertiary alicyclic amines) is 1. The van der Waals surface area contributed by atoms with E-state index in [1.807, 2.05) is 19.2 Å². The minimum absolute atomic E-state index is 0. The predicted molar refractivity (Wildman–Crippen MR) is 78.0 cm³/mol. The van der Waals surface area contributed by atoms with Gasteiger partial charge >= 0.3 is 0 Å². The second-order valence-electron chi connectivity index (χ2n) is 4.75. The van der Waals surface area contributed by atoms with E-state index in [1.54, 1.807) is 12.1 Å². The molecular formula is C13H20ClN3O2. The first-order chi connectivity index (χ1) is 8.69. The van der Waals surface area contributed by atoms with Gasteiger partial charge in [0.25, 0.3) is 5.69 Å². The maximum Gasteiger partial charge on any atom is 0.269 e. The van der Waals surface area contributed by atoms with Gasteiger partial charge in [-0.25, -0.2) is 0 Å². The first-order valence-corrected chi connectivity index (χ1v) is 6.32. The Morgan fingerprint density at radius 2 is 2.11 bits per heavy atom. The Labute approximate surface area is 119 Å². The Bertz CT molecular complexity index is 411. The SMILES string of the molecule is CNC1CCN(CCc2ccc([N+](=O)[O-])cc2)C1.Cl. The molecule has 1 aromatic carbocycles. The standard InChI is InChI=1S/C13H19N3O2.ClH/c1-14-12-7-9-15(10-12)8-6-11-2-4-13(5-3-11)16(17)18;/h2-5,12,14H,6-10H2,1H3;1H. The molecule has 6 heteroatoms. The Balaban J connectivity index is 0.00000180. The van der Waals surface area contributed by atoms with Gasteiger partial charge in [0, 0.05) is 31.3 Å². The molecule has 1 heterocycles. The molecule has 1 aliphatic rings. The molecule has 5 nitrogen and oxygen atoms in total. The van der Waals surface area contributed by atoms with Gasteiger partial charge in [-0.2, -0.15) is 0 Å². The fraction of sp³-hybridized carbons (Fsp3) is 0.538. The zero-order valence-corrected chi connectivity index (χ0v) is 11.9.